The Labute approximate surface area is 158 Å². The van der Waals surface area contributed by atoms with Crippen molar-refractivity contribution in [3.05, 3.63) is 64.2 Å². The summed E-state index contributed by atoms with van der Waals surface area (Å²) in [5.74, 6) is -0.759. The van der Waals surface area contributed by atoms with Crippen LogP contribution in [0.1, 0.15) is 34.3 Å². The number of amides is 2. The lowest BCUT2D eigenvalue weighted by Gasteiger charge is -2.10. The van der Waals surface area contributed by atoms with E-state index in [1.165, 1.54) is 30.3 Å². The summed E-state index contributed by atoms with van der Waals surface area (Å²) in [5.41, 5.74) is 0.107. The molecule has 0 atom stereocenters. The molecule has 0 aromatic heterocycles. The third-order valence-corrected chi connectivity index (χ3v) is 4.34. The van der Waals surface area contributed by atoms with Crippen molar-refractivity contribution >= 4 is 29.1 Å². The zero-order valence-electron chi connectivity index (χ0n) is 14.1. The van der Waals surface area contributed by atoms with Crippen LogP contribution in [0.5, 0.6) is 0 Å². The molecule has 2 aromatic carbocycles. The Hall–Kier alpha value is -2.54. The highest BCUT2D eigenvalue weighted by Gasteiger charge is 2.30. The van der Waals surface area contributed by atoms with Crippen LogP contribution < -0.4 is 10.6 Å². The molecule has 1 fully saturated rings. The Bertz CT molecular complexity index is 879. The van der Waals surface area contributed by atoms with Gasteiger partial charge in [0.2, 0.25) is 5.91 Å². The molecule has 0 spiro atoms. The van der Waals surface area contributed by atoms with Gasteiger partial charge >= 0.3 is 6.18 Å². The normalized spacial score (nSPS) is 13.9. The van der Waals surface area contributed by atoms with Gasteiger partial charge in [-0.25, -0.2) is 0 Å². The molecule has 2 amide bonds. The summed E-state index contributed by atoms with van der Waals surface area (Å²) >= 11 is 6.11. The van der Waals surface area contributed by atoms with Crippen molar-refractivity contribution in [3.63, 3.8) is 0 Å². The highest BCUT2D eigenvalue weighted by atomic mass is 35.5. The van der Waals surface area contributed by atoms with Gasteiger partial charge in [0.25, 0.3) is 5.91 Å². The minimum absolute atomic E-state index is 0.185. The first-order valence-electron chi connectivity index (χ1n) is 8.29. The third kappa shape index (κ3) is 5.23. The number of benzene rings is 2. The molecule has 4 nitrogen and oxygen atoms in total. The molecule has 0 heterocycles. The fraction of sp³-hybridized carbons (Fsp3) is 0.263. The molecule has 2 aromatic rings. The van der Waals surface area contributed by atoms with E-state index < -0.39 is 17.6 Å². The fourth-order valence-electron chi connectivity index (χ4n) is 2.52. The van der Waals surface area contributed by atoms with Crippen molar-refractivity contribution in [3.8, 4) is 0 Å². The molecule has 1 saturated carbocycles. The van der Waals surface area contributed by atoms with Crippen LogP contribution in [0.25, 0.3) is 0 Å². The van der Waals surface area contributed by atoms with E-state index >= 15 is 0 Å². The summed E-state index contributed by atoms with van der Waals surface area (Å²) in [6, 6.07) is 9.26. The highest BCUT2D eigenvalue weighted by Crippen LogP contribution is 2.29. The quantitative estimate of drug-likeness (QED) is 0.785. The van der Waals surface area contributed by atoms with E-state index in [-0.39, 0.29) is 29.0 Å². The van der Waals surface area contributed by atoms with Crippen LogP contribution in [0.3, 0.4) is 0 Å². The number of carbonyl (C=O) groups is 2. The van der Waals surface area contributed by atoms with Crippen LogP contribution >= 0.6 is 11.6 Å². The number of nitrogens with one attached hydrogen (secondary N) is 2. The van der Waals surface area contributed by atoms with Gasteiger partial charge in [0, 0.05) is 11.7 Å². The lowest BCUT2D eigenvalue weighted by atomic mass is 10.1. The van der Waals surface area contributed by atoms with Gasteiger partial charge in [0.05, 0.1) is 22.6 Å². The first-order chi connectivity index (χ1) is 12.7. The molecule has 2 N–H and O–H groups in total. The zero-order chi connectivity index (χ0) is 19.6. The Morgan fingerprint density at radius 3 is 2.48 bits per heavy atom. The van der Waals surface area contributed by atoms with Crippen molar-refractivity contribution in [2.45, 2.75) is 31.5 Å². The number of alkyl halides is 3. The predicted octanol–water partition coefficient (Wildman–Crippen LogP) is 4.43. The number of hydrogen-bond donors (Lipinski definition) is 2. The molecular formula is C19H16ClF3N2O2. The van der Waals surface area contributed by atoms with E-state index in [1.54, 1.807) is 0 Å². The molecule has 3 rings (SSSR count). The minimum atomic E-state index is -4.46. The molecule has 0 bridgehead atoms. The minimum Gasteiger partial charge on any atom is -0.349 e. The van der Waals surface area contributed by atoms with Gasteiger partial charge in [-0.3, -0.25) is 9.59 Å². The lowest BCUT2D eigenvalue weighted by molar-refractivity contribution is -0.137. The largest absolute Gasteiger partial charge is 0.416 e. The molecule has 0 radical (unpaired) electrons. The van der Waals surface area contributed by atoms with Crippen LogP contribution in [0.4, 0.5) is 18.9 Å². The Kier molecular flexibility index (Phi) is 5.41. The summed E-state index contributed by atoms with van der Waals surface area (Å²) in [6.07, 6.45) is -2.78. The van der Waals surface area contributed by atoms with Gasteiger partial charge in [-0.1, -0.05) is 29.8 Å². The number of hydrogen-bond acceptors (Lipinski definition) is 2. The summed E-state index contributed by atoms with van der Waals surface area (Å²) in [7, 11) is 0. The lowest BCUT2D eigenvalue weighted by Crippen LogP contribution is -2.25. The highest BCUT2D eigenvalue weighted by molar-refractivity contribution is 6.34. The fourth-order valence-corrected chi connectivity index (χ4v) is 2.78. The summed E-state index contributed by atoms with van der Waals surface area (Å²) in [4.78, 5) is 24.1. The van der Waals surface area contributed by atoms with Crippen LogP contribution in [0.15, 0.2) is 42.5 Å². The topological polar surface area (TPSA) is 58.2 Å². The SMILES string of the molecule is O=C(Cc1cccc(C(F)(F)F)c1)Nc1ccc(C(=O)NC2CC2)c(Cl)c1. The van der Waals surface area contributed by atoms with Crippen LogP contribution in [0.2, 0.25) is 5.02 Å². The Balaban J connectivity index is 1.64. The predicted molar refractivity (Wildman–Crippen MR) is 95.7 cm³/mol. The Morgan fingerprint density at radius 1 is 1.11 bits per heavy atom. The summed E-state index contributed by atoms with van der Waals surface area (Å²) in [6.45, 7) is 0. The monoisotopic (exact) mass is 396 g/mol. The van der Waals surface area contributed by atoms with Gasteiger partial charge in [0.1, 0.15) is 0 Å². The van der Waals surface area contributed by atoms with Gasteiger partial charge < -0.3 is 10.6 Å². The second-order valence-corrected chi connectivity index (χ2v) is 6.77. The maximum Gasteiger partial charge on any atom is 0.416 e. The number of carbonyl (C=O) groups excluding carboxylic acids is 2. The molecule has 0 aliphatic heterocycles. The second-order valence-electron chi connectivity index (χ2n) is 6.37. The van der Waals surface area contributed by atoms with E-state index in [0.29, 0.717) is 11.3 Å². The van der Waals surface area contributed by atoms with Crippen LogP contribution in [-0.4, -0.2) is 17.9 Å². The second kappa shape index (κ2) is 7.60. The molecule has 27 heavy (non-hydrogen) atoms. The maximum atomic E-state index is 12.7. The van der Waals surface area contributed by atoms with Crippen molar-refractivity contribution < 1.29 is 22.8 Å². The number of halogens is 4. The average molecular weight is 397 g/mol. The van der Waals surface area contributed by atoms with E-state index in [0.717, 1.165) is 25.0 Å². The number of rotatable bonds is 5. The number of anilines is 1. The smallest absolute Gasteiger partial charge is 0.349 e. The van der Waals surface area contributed by atoms with Gasteiger partial charge in [0.15, 0.2) is 0 Å². The Morgan fingerprint density at radius 2 is 1.85 bits per heavy atom. The van der Waals surface area contributed by atoms with E-state index in [4.69, 9.17) is 11.6 Å². The summed E-state index contributed by atoms with van der Waals surface area (Å²) < 4.78 is 38.2. The molecule has 1 aliphatic rings. The van der Waals surface area contributed by atoms with E-state index in [1.807, 2.05) is 0 Å². The third-order valence-electron chi connectivity index (χ3n) is 4.03. The standard InChI is InChI=1S/C19H16ClF3N2O2/c20-16-10-14(6-7-15(16)18(27)25-13-4-5-13)24-17(26)9-11-2-1-3-12(8-11)19(21,22)23/h1-3,6-8,10,13H,4-5,9H2,(H,24,26)(H,25,27). The molecular weight excluding hydrogens is 381 g/mol. The molecule has 142 valence electrons. The molecule has 1 aliphatic carbocycles. The van der Waals surface area contributed by atoms with E-state index in [9.17, 15) is 22.8 Å². The van der Waals surface area contributed by atoms with Crippen LogP contribution in [-0.2, 0) is 17.4 Å². The van der Waals surface area contributed by atoms with Gasteiger partial charge in [-0.15, -0.1) is 0 Å². The van der Waals surface area contributed by atoms with Crippen molar-refractivity contribution in [2.75, 3.05) is 5.32 Å². The average Bonchev–Trinajstić information content (AvgIpc) is 3.38. The first kappa shape index (κ1) is 19.2. The zero-order valence-corrected chi connectivity index (χ0v) is 14.8. The van der Waals surface area contributed by atoms with Crippen LogP contribution in [0, 0.1) is 0 Å². The summed E-state index contributed by atoms with van der Waals surface area (Å²) in [5, 5.41) is 5.58. The molecule has 0 saturated heterocycles. The maximum absolute atomic E-state index is 12.7. The van der Waals surface area contributed by atoms with Crippen molar-refractivity contribution in [1.29, 1.82) is 0 Å². The van der Waals surface area contributed by atoms with Crippen molar-refractivity contribution in [2.24, 2.45) is 0 Å². The molecule has 0 unspecified atom stereocenters. The molecule has 8 heteroatoms. The van der Waals surface area contributed by atoms with Gasteiger partial charge in [-0.2, -0.15) is 13.2 Å². The van der Waals surface area contributed by atoms with Crippen molar-refractivity contribution in [1.82, 2.24) is 5.32 Å². The van der Waals surface area contributed by atoms with Gasteiger partial charge in [-0.05, 0) is 42.7 Å². The van der Waals surface area contributed by atoms with E-state index in [2.05, 4.69) is 10.6 Å². The first-order valence-corrected chi connectivity index (χ1v) is 8.66.